The number of aryl methyl sites for hydroxylation is 1. The van der Waals surface area contributed by atoms with E-state index >= 15 is 0 Å². The summed E-state index contributed by atoms with van der Waals surface area (Å²) in [6.45, 7) is 3.61. The van der Waals surface area contributed by atoms with Gasteiger partial charge in [-0.2, -0.15) is 0 Å². The van der Waals surface area contributed by atoms with Crippen molar-refractivity contribution in [2.45, 2.75) is 31.8 Å². The van der Waals surface area contributed by atoms with E-state index in [1.54, 1.807) is 6.08 Å². The Morgan fingerprint density at radius 1 is 1.29 bits per heavy atom. The summed E-state index contributed by atoms with van der Waals surface area (Å²) in [6.07, 6.45) is 5.22. The topological polar surface area (TPSA) is 20.2 Å². The van der Waals surface area contributed by atoms with E-state index in [2.05, 4.69) is 30.8 Å². The first-order valence-electron chi connectivity index (χ1n) is 5.16. The minimum Gasteiger partial charge on any atom is -0.393 e. The van der Waals surface area contributed by atoms with Crippen LogP contribution < -0.4 is 0 Å². The maximum atomic E-state index is 9.46. The fraction of sp³-hybridized carbons (Fsp3) is 0.385. The van der Waals surface area contributed by atoms with Crippen molar-refractivity contribution in [1.29, 1.82) is 0 Å². The highest BCUT2D eigenvalue weighted by atomic mass is 16.3. The number of hydrogen-bond acceptors (Lipinski definition) is 1. The largest absolute Gasteiger partial charge is 0.393 e. The Labute approximate surface area is 86.1 Å². The Bertz CT molecular complexity index is 253. The molecule has 0 aliphatic carbocycles. The highest BCUT2D eigenvalue weighted by molar-refractivity contribution is 5.14. The van der Waals surface area contributed by atoms with Crippen LogP contribution in [0.3, 0.4) is 0 Å². The van der Waals surface area contributed by atoms with Crippen molar-refractivity contribution in [3.8, 4) is 0 Å². The van der Waals surface area contributed by atoms with Crippen LogP contribution in [0.2, 0.25) is 0 Å². The fourth-order valence-electron chi connectivity index (χ4n) is 1.50. The molecule has 0 amide bonds. The molecule has 1 aromatic rings. The van der Waals surface area contributed by atoms with Gasteiger partial charge in [0.2, 0.25) is 0 Å². The Kier molecular flexibility index (Phi) is 5.02. The molecule has 1 unspecified atom stereocenters. The second-order valence-electron chi connectivity index (χ2n) is 3.56. The Morgan fingerprint density at radius 3 is 2.64 bits per heavy atom. The smallest absolute Gasteiger partial charge is 0.0574 e. The van der Waals surface area contributed by atoms with E-state index in [4.69, 9.17) is 0 Å². The average molecular weight is 190 g/mol. The summed E-state index contributed by atoms with van der Waals surface area (Å²) in [7, 11) is 0. The van der Waals surface area contributed by atoms with E-state index in [-0.39, 0.29) is 6.10 Å². The van der Waals surface area contributed by atoms with E-state index in [1.165, 1.54) is 5.56 Å². The zero-order valence-corrected chi connectivity index (χ0v) is 8.52. The van der Waals surface area contributed by atoms with Gasteiger partial charge in [-0.3, -0.25) is 0 Å². The normalized spacial score (nSPS) is 12.4. The van der Waals surface area contributed by atoms with E-state index in [9.17, 15) is 5.11 Å². The van der Waals surface area contributed by atoms with Crippen molar-refractivity contribution >= 4 is 0 Å². The van der Waals surface area contributed by atoms with Crippen LogP contribution in [0.1, 0.15) is 24.8 Å². The molecular formula is C13H18O. The molecule has 0 saturated heterocycles. The molecule has 1 aromatic carbocycles. The Morgan fingerprint density at radius 2 is 2.00 bits per heavy atom. The predicted octanol–water partition coefficient (Wildman–Crippen LogP) is 2.95. The van der Waals surface area contributed by atoms with Gasteiger partial charge in [-0.25, -0.2) is 0 Å². The van der Waals surface area contributed by atoms with Crippen molar-refractivity contribution in [2.24, 2.45) is 0 Å². The molecule has 0 bridgehead atoms. The predicted molar refractivity (Wildman–Crippen MR) is 60.2 cm³/mol. The number of aliphatic hydroxyl groups excluding tert-OH is 1. The van der Waals surface area contributed by atoms with Crippen LogP contribution in [0.5, 0.6) is 0 Å². The van der Waals surface area contributed by atoms with E-state index < -0.39 is 0 Å². The van der Waals surface area contributed by atoms with Crippen molar-refractivity contribution in [3.63, 3.8) is 0 Å². The first-order valence-corrected chi connectivity index (χ1v) is 5.16. The maximum absolute atomic E-state index is 9.46. The second-order valence-corrected chi connectivity index (χ2v) is 3.56. The average Bonchev–Trinajstić information content (AvgIpc) is 2.20. The van der Waals surface area contributed by atoms with Crippen molar-refractivity contribution < 1.29 is 5.11 Å². The van der Waals surface area contributed by atoms with Gasteiger partial charge in [-0.05, 0) is 31.2 Å². The molecule has 14 heavy (non-hydrogen) atoms. The molecule has 0 spiro atoms. The summed E-state index contributed by atoms with van der Waals surface area (Å²) in [4.78, 5) is 0. The van der Waals surface area contributed by atoms with Crippen LogP contribution in [0.15, 0.2) is 43.0 Å². The third kappa shape index (κ3) is 4.24. The van der Waals surface area contributed by atoms with Crippen LogP contribution in [0.4, 0.5) is 0 Å². The first-order chi connectivity index (χ1) is 6.83. The number of aliphatic hydroxyl groups is 1. The quantitative estimate of drug-likeness (QED) is 0.684. The molecule has 0 saturated carbocycles. The lowest BCUT2D eigenvalue weighted by Crippen LogP contribution is -2.04. The summed E-state index contributed by atoms with van der Waals surface area (Å²) in [5.41, 5.74) is 1.35. The van der Waals surface area contributed by atoms with Gasteiger partial charge in [0.25, 0.3) is 0 Å². The summed E-state index contributed by atoms with van der Waals surface area (Å²) < 4.78 is 0. The van der Waals surface area contributed by atoms with Crippen molar-refractivity contribution in [3.05, 3.63) is 48.6 Å². The van der Waals surface area contributed by atoms with Gasteiger partial charge in [0.15, 0.2) is 0 Å². The zero-order valence-electron chi connectivity index (χ0n) is 8.52. The van der Waals surface area contributed by atoms with E-state index in [0.717, 1.165) is 19.3 Å². The molecule has 1 N–H and O–H groups in total. The summed E-state index contributed by atoms with van der Waals surface area (Å²) >= 11 is 0. The molecular weight excluding hydrogens is 172 g/mol. The molecule has 76 valence electrons. The lowest BCUT2D eigenvalue weighted by Gasteiger charge is -2.07. The van der Waals surface area contributed by atoms with Crippen molar-refractivity contribution in [2.75, 3.05) is 0 Å². The molecule has 0 fully saturated rings. The highest BCUT2D eigenvalue weighted by Crippen LogP contribution is 2.08. The Balaban J connectivity index is 2.18. The SMILES string of the molecule is C=CCC(O)CCCc1ccccc1. The van der Waals surface area contributed by atoms with Crippen LogP contribution >= 0.6 is 0 Å². The standard InChI is InChI=1S/C13H18O/c1-2-7-13(14)11-6-10-12-8-4-3-5-9-12/h2-5,8-9,13-14H,1,6-7,10-11H2. The number of benzene rings is 1. The zero-order chi connectivity index (χ0) is 10.2. The van der Waals surface area contributed by atoms with Gasteiger partial charge in [0.05, 0.1) is 6.10 Å². The molecule has 0 aliphatic heterocycles. The molecule has 1 heteroatoms. The molecule has 1 atom stereocenters. The molecule has 0 radical (unpaired) electrons. The van der Waals surface area contributed by atoms with Gasteiger partial charge in [-0.15, -0.1) is 6.58 Å². The minimum absolute atomic E-state index is 0.212. The molecule has 0 heterocycles. The monoisotopic (exact) mass is 190 g/mol. The van der Waals surface area contributed by atoms with E-state index in [0.29, 0.717) is 6.42 Å². The van der Waals surface area contributed by atoms with Crippen LogP contribution in [-0.4, -0.2) is 11.2 Å². The third-order valence-electron chi connectivity index (χ3n) is 2.28. The molecule has 0 aliphatic rings. The minimum atomic E-state index is -0.212. The summed E-state index contributed by atoms with van der Waals surface area (Å²) in [6, 6.07) is 10.4. The first kappa shape index (κ1) is 11.0. The maximum Gasteiger partial charge on any atom is 0.0574 e. The van der Waals surface area contributed by atoms with Gasteiger partial charge in [-0.1, -0.05) is 36.4 Å². The second kappa shape index (κ2) is 6.39. The Hall–Kier alpha value is -1.08. The fourth-order valence-corrected chi connectivity index (χ4v) is 1.50. The summed E-state index contributed by atoms with van der Waals surface area (Å²) in [5.74, 6) is 0. The molecule has 1 nitrogen and oxygen atoms in total. The van der Waals surface area contributed by atoms with Crippen molar-refractivity contribution in [1.82, 2.24) is 0 Å². The molecule has 1 rings (SSSR count). The van der Waals surface area contributed by atoms with E-state index in [1.807, 2.05) is 6.07 Å². The van der Waals surface area contributed by atoms with Gasteiger partial charge in [0, 0.05) is 0 Å². The lowest BCUT2D eigenvalue weighted by molar-refractivity contribution is 0.165. The number of rotatable bonds is 6. The van der Waals surface area contributed by atoms with Gasteiger partial charge < -0.3 is 5.11 Å². The third-order valence-corrected chi connectivity index (χ3v) is 2.28. The molecule has 0 aromatic heterocycles. The van der Waals surface area contributed by atoms with Crippen LogP contribution in [0, 0.1) is 0 Å². The number of hydrogen-bond donors (Lipinski definition) is 1. The van der Waals surface area contributed by atoms with Gasteiger partial charge >= 0.3 is 0 Å². The summed E-state index contributed by atoms with van der Waals surface area (Å²) in [5, 5.41) is 9.46. The lowest BCUT2D eigenvalue weighted by atomic mass is 10.0. The highest BCUT2D eigenvalue weighted by Gasteiger charge is 2.00. The van der Waals surface area contributed by atoms with Crippen LogP contribution in [-0.2, 0) is 6.42 Å². The van der Waals surface area contributed by atoms with Gasteiger partial charge in [0.1, 0.15) is 0 Å². The van der Waals surface area contributed by atoms with Crippen LogP contribution in [0.25, 0.3) is 0 Å².